The molecule has 1 heterocycles. The third-order valence-electron chi connectivity index (χ3n) is 4.44. The first kappa shape index (κ1) is 17.2. The van der Waals surface area contributed by atoms with Crippen molar-refractivity contribution in [3.05, 3.63) is 46.3 Å². The number of para-hydroxylation sites is 1. The Hall–Kier alpha value is -2.63. The molecule has 0 bridgehead atoms. The molecule has 0 radical (unpaired) electrons. The van der Waals surface area contributed by atoms with Crippen LogP contribution in [0, 0.1) is 0 Å². The first-order valence-electron chi connectivity index (χ1n) is 8.59. The van der Waals surface area contributed by atoms with Gasteiger partial charge in [0.05, 0.1) is 5.39 Å². The van der Waals surface area contributed by atoms with Gasteiger partial charge in [0, 0.05) is 12.1 Å². The molecule has 1 aliphatic carbocycles. The summed E-state index contributed by atoms with van der Waals surface area (Å²) in [6.07, 6.45) is 4.34. The second-order valence-corrected chi connectivity index (χ2v) is 6.36. The largest absolute Gasteiger partial charge is 0.449 e. The van der Waals surface area contributed by atoms with Crippen LogP contribution in [0.4, 0.5) is 0 Å². The summed E-state index contributed by atoms with van der Waals surface area (Å²) in [5.41, 5.74) is -0.0191. The van der Waals surface area contributed by atoms with Crippen molar-refractivity contribution in [2.45, 2.75) is 51.2 Å². The first-order valence-corrected chi connectivity index (χ1v) is 8.59. The Kier molecular flexibility index (Phi) is 5.16. The van der Waals surface area contributed by atoms with Gasteiger partial charge < -0.3 is 14.5 Å². The van der Waals surface area contributed by atoms with Crippen LogP contribution in [0.25, 0.3) is 11.0 Å². The van der Waals surface area contributed by atoms with Gasteiger partial charge in [-0.15, -0.1) is 0 Å². The Balaban J connectivity index is 1.66. The summed E-state index contributed by atoms with van der Waals surface area (Å²) in [7, 11) is 0. The molecule has 0 aliphatic heterocycles. The normalized spacial score (nSPS) is 16.4. The fraction of sp³-hybridized carbons (Fsp3) is 0.421. The monoisotopic (exact) mass is 343 g/mol. The molecule has 6 nitrogen and oxygen atoms in total. The second kappa shape index (κ2) is 7.51. The van der Waals surface area contributed by atoms with Gasteiger partial charge in [0.15, 0.2) is 11.5 Å². The number of rotatable bonds is 4. The number of carbonyl (C=O) groups excluding carboxylic acids is 2. The molecule has 0 unspecified atom stereocenters. The van der Waals surface area contributed by atoms with Gasteiger partial charge in [0.25, 0.3) is 5.91 Å². The Labute approximate surface area is 145 Å². The maximum atomic E-state index is 12.2. The molecule has 1 aromatic carbocycles. The van der Waals surface area contributed by atoms with E-state index in [1.807, 2.05) is 0 Å². The molecule has 1 aliphatic rings. The van der Waals surface area contributed by atoms with Crippen LogP contribution < -0.4 is 10.7 Å². The number of fused-ring (bicyclic) bond motifs is 1. The zero-order chi connectivity index (χ0) is 17.8. The molecule has 1 N–H and O–H groups in total. The van der Waals surface area contributed by atoms with Crippen molar-refractivity contribution in [3.8, 4) is 0 Å². The van der Waals surface area contributed by atoms with Gasteiger partial charge in [-0.1, -0.05) is 31.4 Å². The minimum Gasteiger partial charge on any atom is -0.449 e. The highest BCUT2D eigenvalue weighted by molar-refractivity contribution is 5.91. The number of hydrogen-bond acceptors (Lipinski definition) is 5. The molecule has 132 valence electrons. The molecule has 3 rings (SSSR count). The van der Waals surface area contributed by atoms with Gasteiger partial charge in [0.2, 0.25) is 5.76 Å². The number of ether oxygens (including phenoxy) is 1. The third kappa shape index (κ3) is 4.07. The number of esters is 1. The number of carbonyl (C=O) groups is 2. The van der Waals surface area contributed by atoms with Crippen LogP contribution in [-0.2, 0) is 9.53 Å². The molecule has 25 heavy (non-hydrogen) atoms. The molecule has 0 saturated heterocycles. The van der Waals surface area contributed by atoms with E-state index in [0.29, 0.717) is 11.0 Å². The number of hydrogen-bond donors (Lipinski definition) is 1. The average Bonchev–Trinajstić information content (AvgIpc) is 2.62. The standard InChI is InChI=1S/C19H21NO5/c1-12(18(22)20-13-7-3-2-4-8-13)24-19(23)17-11-15(21)14-9-5-6-10-16(14)25-17/h5-6,9-13H,2-4,7-8H2,1H3,(H,20,22)/t12-/m1/s1. The van der Waals surface area contributed by atoms with Gasteiger partial charge >= 0.3 is 5.97 Å². The number of amides is 1. The fourth-order valence-electron chi connectivity index (χ4n) is 3.04. The summed E-state index contributed by atoms with van der Waals surface area (Å²) >= 11 is 0. The molecular formula is C19H21NO5. The predicted octanol–water partition coefficient (Wildman–Crippen LogP) is 2.79. The van der Waals surface area contributed by atoms with Crippen LogP contribution in [0.15, 0.2) is 39.5 Å². The summed E-state index contributed by atoms with van der Waals surface area (Å²) in [6.45, 7) is 1.51. The van der Waals surface area contributed by atoms with Gasteiger partial charge in [0.1, 0.15) is 5.58 Å². The topological polar surface area (TPSA) is 85.6 Å². The van der Waals surface area contributed by atoms with E-state index in [9.17, 15) is 14.4 Å². The SMILES string of the molecule is C[C@@H](OC(=O)c1cc(=O)c2ccccc2o1)C(=O)NC1CCCCC1. The van der Waals surface area contributed by atoms with Crippen molar-refractivity contribution in [2.75, 3.05) is 0 Å². The van der Waals surface area contributed by atoms with E-state index in [1.54, 1.807) is 24.3 Å². The lowest BCUT2D eigenvalue weighted by Gasteiger charge is -2.24. The second-order valence-electron chi connectivity index (χ2n) is 6.36. The number of benzene rings is 1. The Bertz CT molecular complexity index is 835. The predicted molar refractivity (Wildman–Crippen MR) is 92.4 cm³/mol. The zero-order valence-corrected chi connectivity index (χ0v) is 14.1. The molecule has 0 spiro atoms. The summed E-state index contributed by atoms with van der Waals surface area (Å²) in [5.74, 6) is -1.36. The molecule has 6 heteroatoms. The minimum atomic E-state index is -0.953. The molecule has 1 atom stereocenters. The molecular weight excluding hydrogens is 322 g/mol. The summed E-state index contributed by atoms with van der Waals surface area (Å²) < 4.78 is 10.6. The van der Waals surface area contributed by atoms with Crippen molar-refractivity contribution in [3.63, 3.8) is 0 Å². The first-order chi connectivity index (χ1) is 12.0. The molecule has 1 aromatic heterocycles. The van der Waals surface area contributed by atoms with Crippen LogP contribution >= 0.6 is 0 Å². The van der Waals surface area contributed by atoms with Crippen LogP contribution in [-0.4, -0.2) is 24.0 Å². The van der Waals surface area contributed by atoms with Gasteiger partial charge in [-0.3, -0.25) is 9.59 Å². The lowest BCUT2D eigenvalue weighted by Crippen LogP contribution is -2.42. The minimum absolute atomic E-state index is 0.140. The molecule has 1 amide bonds. The maximum absolute atomic E-state index is 12.2. The van der Waals surface area contributed by atoms with Crippen molar-refractivity contribution in [1.82, 2.24) is 5.32 Å². The summed E-state index contributed by atoms with van der Waals surface area (Å²) in [4.78, 5) is 36.4. The van der Waals surface area contributed by atoms with E-state index < -0.39 is 12.1 Å². The Morgan fingerprint density at radius 1 is 1.20 bits per heavy atom. The Morgan fingerprint density at radius 3 is 2.68 bits per heavy atom. The van der Waals surface area contributed by atoms with Crippen LogP contribution in [0.5, 0.6) is 0 Å². The van der Waals surface area contributed by atoms with Crippen LogP contribution in [0.3, 0.4) is 0 Å². The fourth-order valence-corrected chi connectivity index (χ4v) is 3.04. The van der Waals surface area contributed by atoms with Crippen LogP contribution in [0.2, 0.25) is 0 Å². The molecule has 1 fully saturated rings. The lowest BCUT2D eigenvalue weighted by atomic mass is 9.95. The van der Waals surface area contributed by atoms with Gasteiger partial charge in [-0.2, -0.15) is 0 Å². The smallest absolute Gasteiger partial charge is 0.375 e. The van der Waals surface area contributed by atoms with Gasteiger partial charge in [-0.25, -0.2) is 4.79 Å². The molecule has 1 saturated carbocycles. The van der Waals surface area contributed by atoms with Crippen molar-refractivity contribution in [2.24, 2.45) is 0 Å². The third-order valence-corrected chi connectivity index (χ3v) is 4.44. The van der Waals surface area contributed by atoms with E-state index in [-0.39, 0.29) is 23.1 Å². The highest BCUT2D eigenvalue weighted by atomic mass is 16.6. The summed E-state index contributed by atoms with van der Waals surface area (Å²) in [6, 6.07) is 7.89. The van der Waals surface area contributed by atoms with Crippen molar-refractivity contribution < 1.29 is 18.7 Å². The Morgan fingerprint density at radius 2 is 1.92 bits per heavy atom. The van der Waals surface area contributed by atoms with Crippen LogP contribution in [0.1, 0.15) is 49.6 Å². The van der Waals surface area contributed by atoms with Gasteiger partial charge in [-0.05, 0) is 31.9 Å². The maximum Gasteiger partial charge on any atom is 0.375 e. The highest BCUT2D eigenvalue weighted by Crippen LogP contribution is 2.18. The quantitative estimate of drug-likeness (QED) is 0.863. The van der Waals surface area contributed by atoms with E-state index in [0.717, 1.165) is 31.7 Å². The highest BCUT2D eigenvalue weighted by Gasteiger charge is 2.24. The van der Waals surface area contributed by atoms with Crippen molar-refractivity contribution >= 4 is 22.8 Å². The van der Waals surface area contributed by atoms with E-state index in [1.165, 1.54) is 13.3 Å². The summed E-state index contributed by atoms with van der Waals surface area (Å²) in [5, 5.41) is 3.30. The lowest BCUT2D eigenvalue weighted by molar-refractivity contribution is -0.130. The average molecular weight is 343 g/mol. The van der Waals surface area contributed by atoms with E-state index in [4.69, 9.17) is 9.15 Å². The molecule has 2 aromatic rings. The van der Waals surface area contributed by atoms with Crippen molar-refractivity contribution in [1.29, 1.82) is 0 Å². The van der Waals surface area contributed by atoms with E-state index in [2.05, 4.69) is 5.32 Å². The number of nitrogens with one attached hydrogen (secondary N) is 1. The zero-order valence-electron chi connectivity index (χ0n) is 14.1. The van der Waals surface area contributed by atoms with E-state index >= 15 is 0 Å².